The summed E-state index contributed by atoms with van der Waals surface area (Å²) in [5.74, 6) is 4.62. The first kappa shape index (κ1) is 12.3. The third kappa shape index (κ3) is 2.59. The van der Waals surface area contributed by atoms with E-state index in [0.717, 1.165) is 11.8 Å². The monoisotopic (exact) mass is 259 g/mol. The van der Waals surface area contributed by atoms with Crippen molar-refractivity contribution in [3.05, 3.63) is 0 Å². The van der Waals surface area contributed by atoms with Gasteiger partial charge in [-0.1, -0.05) is 11.8 Å². The standard InChI is InChI=1S/C9H13N3O4S/c10-11-8(14)6-2-1-5(16-6)3-12-7(13)4-17-9(12)15/h5-6H,1-4,10H2,(H,11,14). The Morgan fingerprint density at radius 3 is 2.88 bits per heavy atom. The number of rotatable bonds is 3. The summed E-state index contributed by atoms with van der Waals surface area (Å²) in [6, 6.07) is 0. The summed E-state index contributed by atoms with van der Waals surface area (Å²) in [6.07, 6.45) is 0.339. The largest absolute Gasteiger partial charge is 0.363 e. The Balaban J connectivity index is 1.87. The fraction of sp³-hybridized carbons (Fsp3) is 0.667. The van der Waals surface area contributed by atoms with Crippen LogP contribution in [0.25, 0.3) is 0 Å². The molecular formula is C9H13N3O4S. The first-order chi connectivity index (χ1) is 8.11. The molecule has 8 heteroatoms. The van der Waals surface area contributed by atoms with Crippen molar-refractivity contribution in [2.75, 3.05) is 12.3 Å². The van der Waals surface area contributed by atoms with E-state index in [9.17, 15) is 14.4 Å². The molecule has 0 radical (unpaired) electrons. The van der Waals surface area contributed by atoms with Gasteiger partial charge < -0.3 is 4.74 Å². The van der Waals surface area contributed by atoms with E-state index in [2.05, 4.69) is 0 Å². The second kappa shape index (κ2) is 5.03. The van der Waals surface area contributed by atoms with Gasteiger partial charge in [0.2, 0.25) is 5.91 Å². The zero-order valence-electron chi connectivity index (χ0n) is 9.05. The molecule has 2 heterocycles. The van der Waals surface area contributed by atoms with Crippen LogP contribution in [0.5, 0.6) is 0 Å². The molecule has 2 fully saturated rings. The van der Waals surface area contributed by atoms with Crippen molar-refractivity contribution in [2.45, 2.75) is 25.0 Å². The van der Waals surface area contributed by atoms with Gasteiger partial charge in [-0.25, -0.2) is 5.84 Å². The molecule has 94 valence electrons. The summed E-state index contributed by atoms with van der Waals surface area (Å²) >= 11 is 0.991. The number of carbonyl (C=O) groups is 3. The lowest BCUT2D eigenvalue weighted by Crippen LogP contribution is -2.40. The number of nitrogens with two attached hydrogens (primary N) is 1. The number of carbonyl (C=O) groups excluding carboxylic acids is 3. The Bertz CT molecular complexity index is 346. The van der Waals surface area contributed by atoms with Gasteiger partial charge in [0, 0.05) is 0 Å². The first-order valence-electron chi connectivity index (χ1n) is 5.25. The average molecular weight is 259 g/mol. The molecule has 0 spiro atoms. The van der Waals surface area contributed by atoms with E-state index in [1.165, 1.54) is 4.90 Å². The Labute approximate surface area is 102 Å². The molecule has 0 bridgehead atoms. The number of hydrogen-bond donors (Lipinski definition) is 2. The van der Waals surface area contributed by atoms with Crippen molar-refractivity contribution < 1.29 is 19.1 Å². The number of hydrogen-bond acceptors (Lipinski definition) is 6. The van der Waals surface area contributed by atoms with E-state index >= 15 is 0 Å². The Hall–Kier alpha value is -1.12. The van der Waals surface area contributed by atoms with Crippen molar-refractivity contribution in [1.29, 1.82) is 0 Å². The smallest absolute Gasteiger partial charge is 0.288 e. The Morgan fingerprint density at radius 2 is 2.29 bits per heavy atom. The minimum Gasteiger partial charge on any atom is -0.363 e. The molecule has 17 heavy (non-hydrogen) atoms. The molecule has 2 rings (SSSR count). The van der Waals surface area contributed by atoms with E-state index in [4.69, 9.17) is 10.6 Å². The van der Waals surface area contributed by atoms with E-state index in [0.29, 0.717) is 12.8 Å². The third-order valence-electron chi connectivity index (χ3n) is 2.77. The van der Waals surface area contributed by atoms with Crippen LogP contribution in [0, 0.1) is 0 Å². The molecular weight excluding hydrogens is 246 g/mol. The molecule has 2 saturated heterocycles. The SMILES string of the molecule is NNC(=O)C1CCC(CN2C(=O)CSC2=O)O1. The van der Waals surface area contributed by atoms with Crippen molar-refractivity contribution in [2.24, 2.45) is 5.84 Å². The second-order valence-electron chi connectivity index (χ2n) is 3.89. The highest BCUT2D eigenvalue weighted by Gasteiger charge is 2.36. The lowest BCUT2D eigenvalue weighted by Gasteiger charge is -2.18. The molecule has 2 unspecified atom stereocenters. The normalized spacial score (nSPS) is 28.9. The summed E-state index contributed by atoms with van der Waals surface area (Å²) in [7, 11) is 0. The van der Waals surface area contributed by atoms with Gasteiger partial charge in [-0.2, -0.15) is 0 Å². The van der Waals surface area contributed by atoms with Crippen LogP contribution in [0.2, 0.25) is 0 Å². The van der Waals surface area contributed by atoms with Gasteiger partial charge in [-0.05, 0) is 12.8 Å². The molecule has 2 aliphatic rings. The van der Waals surface area contributed by atoms with Crippen LogP contribution < -0.4 is 11.3 Å². The topological polar surface area (TPSA) is 102 Å². The molecule has 3 amide bonds. The fourth-order valence-corrected chi connectivity index (χ4v) is 2.62. The highest BCUT2D eigenvalue weighted by molar-refractivity contribution is 8.14. The number of nitrogens with one attached hydrogen (secondary N) is 1. The summed E-state index contributed by atoms with van der Waals surface area (Å²) in [5, 5.41) is -0.245. The summed E-state index contributed by atoms with van der Waals surface area (Å²) in [5.41, 5.74) is 2.02. The molecule has 2 atom stereocenters. The van der Waals surface area contributed by atoms with E-state index in [1.54, 1.807) is 0 Å². The first-order valence-corrected chi connectivity index (χ1v) is 6.23. The average Bonchev–Trinajstić information content (AvgIpc) is 2.90. The van der Waals surface area contributed by atoms with Crippen LogP contribution in [-0.2, 0) is 14.3 Å². The van der Waals surface area contributed by atoms with Gasteiger partial charge in [0.05, 0.1) is 18.4 Å². The van der Waals surface area contributed by atoms with Gasteiger partial charge in [0.1, 0.15) is 6.10 Å². The van der Waals surface area contributed by atoms with Crippen molar-refractivity contribution >= 4 is 28.8 Å². The Morgan fingerprint density at radius 1 is 1.53 bits per heavy atom. The molecule has 0 aromatic carbocycles. The zero-order chi connectivity index (χ0) is 12.4. The van der Waals surface area contributed by atoms with Gasteiger partial charge in [0.25, 0.3) is 11.1 Å². The number of ether oxygens (including phenoxy) is 1. The van der Waals surface area contributed by atoms with Gasteiger partial charge in [0.15, 0.2) is 0 Å². The molecule has 0 aliphatic carbocycles. The lowest BCUT2D eigenvalue weighted by molar-refractivity contribution is -0.133. The number of nitrogens with zero attached hydrogens (tertiary/aromatic N) is 1. The van der Waals surface area contributed by atoms with Crippen LogP contribution in [0.15, 0.2) is 0 Å². The molecule has 3 N–H and O–H groups in total. The summed E-state index contributed by atoms with van der Waals surface area (Å²) in [4.78, 5) is 35.1. The van der Waals surface area contributed by atoms with E-state index in [-0.39, 0.29) is 35.5 Å². The van der Waals surface area contributed by atoms with Crippen molar-refractivity contribution in [3.63, 3.8) is 0 Å². The lowest BCUT2D eigenvalue weighted by atomic mass is 10.2. The fourth-order valence-electron chi connectivity index (χ4n) is 1.89. The number of thioether (sulfide) groups is 1. The van der Waals surface area contributed by atoms with Gasteiger partial charge in [-0.3, -0.25) is 24.7 Å². The molecule has 2 aliphatic heterocycles. The minimum atomic E-state index is -0.578. The quantitative estimate of drug-likeness (QED) is 0.391. The molecule has 0 aromatic rings. The molecule has 0 saturated carbocycles. The highest BCUT2D eigenvalue weighted by Crippen LogP contribution is 2.24. The second-order valence-corrected chi connectivity index (χ2v) is 4.82. The molecule has 0 aromatic heterocycles. The highest BCUT2D eigenvalue weighted by atomic mass is 32.2. The summed E-state index contributed by atoms with van der Waals surface area (Å²) in [6.45, 7) is 0.221. The van der Waals surface area contributed by atoms with Crippen LogP contribution in [0.3, 0.4) is 0 Å². The number of amides is 3. The van der Waals surface area contributed by atoms with Gasteiger partial charge in [-0.15, -0.1) is 0 Å². The summed E-state index contributed by atoms with van der Waals surface area (Å²) < 4.78 is 5.43. The van der Waals surface area contributed by atoms with Crippen LogP contribution >= 0.6 is 11.8 Å². The third-order valence-corrected chi connectivity index (χ3v) is 3.63. The maximum absolute atomic E-state index is 11.4. The maximum atomic E-state index is 11.4. The van der Waals surface area contributed by atoms with E-state index < -0.39 is 6.10 Å². The van der Waals surface area contributed by atoms with Crippen LogP contribution in [0.4, 0.5) is 4.79 Å². The predicted molar refractivity (Wildman–Crippen MR) is 59.8 cm³/mol. The van der Waals surface area contributed by atoms with Crippen molar-refractivity contribution in [3.8, 4) is 0 Å². The predicted octanol–water partition coefficient (Wildman–Crippen LogP) is -0.781. The number of hydrazine groups is 1. The number of imide groups is 1. The molecule has 7 nitrogen and oxygen atoms in total. The zero-order valence-corrected chi connectivity index (χ0v) is 9.87. The van der Waals surface area contributed by atoms with Gasteiger partial charge >= 0.3 is 0 Å². The van der Waals surface area contributed by atoms with Crippen molar-refractivity contribution in [1.82, 2.24) is 10.3 Å². The van der Waals surface area contributed by atoms with Crippen LogP contribution in [-0.4, -0.2) is 46.5 Å². The minimum absolute atomic E-state index is 0.193. The Kier molecular flexibility index (Phi) is 3.65. The van der Waals surface area contributed by atoms with Crippen LogP contribution in [0.1, 0.15) is 12.8 Å². The van der Waals surface area contributed by atoms with E-state index in [1.807, 2.05) is 5.43 Å². The maximum Gasteiger partial charge on any atom is 0.288 e.